The second kappa shape index (κ2) is 5.46. The van der Waals surface area contributed by atoms with E-state index in [0.29, 0.717) is 0 Å². The van der Waals surface area contributed by atoms with Crippen molar-refractivity contribution in [2.75, 3.05) is 17.1 Å². The van der Waals surface area contributed by atoms with Gasteiger partial charge < -0.3 is 5.32 Å². The molecule has 0 aliphatic rings. The summed E-state index contributed by atoms with van der Waals surface area (Å²) in [5.41, 5.74) is 0.309. The highest BCUT2D eigenvalue weighted by atomic mass is 32.2. The molecular formula is C13H12F2N2O2S. The van der Waals surface area contributed by atoms with Crippen LogP contribution in [0, 0.1) is 11.6 Å². The molecule has 0 bridgehead atoms. The van der Waals surface area contributed by atoms with E-state index >= 15 is 0 Å². The van der Waals surface area contributed by atoms with Gasteiger partial charge in [-0.15, -0.1) is 0 Å². The number of nitrogens with one attached hydrogen (secondary N) is 2. The van der Waals surface area contributed by atoms with Gasteiger partial charge in [-0.25, -0.2) is 17.2 Å². The lowest BCUT2D eigenvalue weighted by Gasteiger charge is -2.09. The molecule has 0 radical (unpaired) electrons. The molecule has 0 saturated carbocycles. The second-order valence-corrected chi connectivity index (χ2v) is 5.69. The Labute approximate surface area is 115 Å². The molecule has 0 heterocycles. The first-order chi connectivity index (χ1) is 9.42. The van der Waals surface area contributed by atoms with E-state index < -0.39 is 27.3 Å². The lowest BCUT2D eigenvalue weighted by atomic mass is 10.3. The fraction of sp³-hybridized carbons (Fsp3) is 0.0769. The summed E-state index contributed by atoms with van der Waals surface area (Å²) in [4.78, 5) is -0.0415. The Morgan fingerprint density at radius 1 is 1.00 bits per heavy atom. The van der Waals surface area contributed by atoms with Gasteiger partial charge in [0.25, 0.3) is 10.0 Å². The summed E-state index contributed by atoms with van der Waals surface area (Å²) in [5.74, 6) is -1.57. The van der Waals surface area contributed by atoms with Crippen molar-refractivity contribution in [3.63, 3.8) is 0 Å². The monoisotopic (exact) mass is 298 g/mol. The SMILES string of the molecule is CNc1ccc(S(=O)(=O)Nc2cc(F)ccc2F)cc1. The van der Waals surface area contributed by atoms with E-state index in [4.69, 9.17) is 0 Å². The smallest absolute Gasteiger partial charge is 0.261 e. The molecule has 4 nitrogen and oxygen atoms in total. The molecule has 0 amide bonds. The van der Waals surface area contributed by atoms with Crippen molar-refractivity contribution in [2.45, 2.75) is 4.90 Å². The Morgan fingerprint density at radius 3 is 2.25 bits per heavy atom. The molecular weight excluding hydrogens is 286 g/mol. The van der Waals surface area contributed by atoms with Gasteiger partial charge in [0.15, 0.2) is 0 Å². The Bertz CT molecular complexity index is 716. The van der Waals surface area contributed by atoms with E-state index in [9.17, 15) is 17.2 Å². The summed E-state index contributed by atoms with van der Waals surface area (Å²) >= 11 is 0. The number of hydrogen-bond donors (Lipinski definition) is 2. The van der Waals surface area contributed by atoms with Gasteiger partial charge in [0.2, 0.25) is 0 Å². The minimum Gasteiger partial charge on any atom is -0.388 e. The van der Waals surface area contributed by atoms with Crippen molar-refractivity contribution >= 4 is 21.4 Å². The largest absolute Gasteiger partial charge is 0.388 e. The molecule has 0 spiro atoms. The van der Waals surface area contributed by atoms with Crippen molar-refractivity contribution < 1.29 is 17.2 Å². The highest BCUT2D eigenvalue weighted by Crippen LogP contribution is 2.21. The first-order valence-corrected chi connectivity index (χ1v) is 7.16. The van der Waals surface area contributed by atoms with Crippen LogP contribution in [0.2, 0.25) is 0 Å². The third-order valence-electron chi connectivity index (χ3n) is 2.63. The van der Waals surface area contributed by atoms with Gasteiger partial charge in [-0.2, -0.15) is 0 Å². The van der Waals surface area contributed by atoms with Gasteiger partial charge in [-0.3, -0.25) is 4.72 Å². The lowest BCUT2D eigenvalue weighted by molar-refractivity contribution is 0.594. The fourth-order valence-electron chi connectivity index (χ4n) is 1.58. The standard InChI is InChI=1S/C13H12F2N2O2S/c1-16-10-3-5-11(6-4-10)20(18,19)17-13-8-9(14)2-7-12(13)15/h2-8,16-17H,1H3. The Morgan fingerprint density at radius 2 is 1.65 bits per heavy atom. The minimum atomic E-state index is -3.96. The number of halogens is 2. The molecule has 7 heteroatoms. The second-order valence-electron chi connectivity index (χ2n) is 4.00. The molecule has 0 atom stereocenters. The Kier molecular flexibility index (Phi) is 3.89. The average Bonchev–Trinajstić information content (AvgIpc) is 2.43. The zero-order valence-corrected chi connectivity index (χ0v) is 11.3. The van der Waals surface area contributed by atoms with Gasteiger partial charge in [-0.05, 0) is 36.4 Å². The third-order valence-corrected chi connectivity index (χ3v) is 4.01. The van der Waals surface area contributed by atoms with Crippen LogP contribution in [0.4, 0.5) is 20.2 Å². The molecule has 0 unspecified atom stereocenters. The molecule has 20 heavy (non-hydrogen) atoms. The molecule has 0 saturated heterocycles. The first-order valence-electron chi connectivity index (χ1n) is 5.68. The molecule has 2 rings (SSSR count). The van der Waals surface area contributed by atoms with Gasteiger partial charge in [0.1, 0.15) is 11.6 Å². The van der Waals surface area contributed by atoms with E-state index in [1.165, 1.54) is 12.1 Å². The Balaban J connectivity index is 2.32. The van der Waals surface area contributed by atoms with Crippen LogP contribution in [-0.4, -0.2) is 15.5 Å². The van der Waals surface area contributed by atoms with Gasteiger partial charge in [-0.1, -0.05) is 0 Å². The van der Waals surface area contributed by atoms with Crippen LogP contribution in [0.1, 0.15) is 0 Å². The van der Waals surface area contributed by atoms with Crippen molar-refractivity contribution in [3.05, 3.63) is 54.1 Å². The minimum absolute atomic E-state index is 0.0415. The predicted octanol–water partition coefficient (Wildman–Crippen LogP) is 2.81. The van der Waals surface area contributed by atoms with Crippen LogP contribution < -0.4 is 10.0 Å². The van der Waals surface area contributed by atoms with Gasteiger partial charge in [0.05, 0.1) is 10.6 Å². The summed E-state index contributed by atoms with van der Waals surface area (Å²) in [6, 6.07) is 8.42. The van der Waals surface area contributed by atoms with E-state index in [2.05, 4.69) is 5.32 Å². The van der Waals surface area contributed by atoms with Crippen molar-refractivity contribution in [1.82, 2.24) is 0 Å². The quantitative estimate of drug-likeness (QED) is 0.912. The summed E-state index contributed by atoms with van der Waals surface area (Å²) < 4.78 is 52.6. The van der Waals surface area contributed by atoms with E-state index in [0.717, 1.165) is 23.9 Å². The lowest BCUT2D eigenvalue weighted by Crippen LogP contribution is -2.14. The van der Waals surface area contributed by atoms with Crippen molar-refractivity contribution in [1.29, 1.82) is 0 Å². The highest BCUT2D eigenvalue weighted by molar-refractivity contribution is 7.92. The van der Waals surface area contributed by atoms with Crippen molar-refractivity contribution in [3.8, 4) is 0 Å². The maximum atomic E-state index is 13.4. The van der Waals surface area contributed by atoms with Crippen LogP contribution in [0.25, 0.3) is 0 Å². The summed E-state index contributed by atoms with van der Waals surface area (Å²) in [7, 11) is -2.26. The highest BCUT2D eigenvalue weighted by Gasteiger charge is 2.16. The van der Waals surface area contributed by atoms with E-state index in [-0.39, 0.29) is 4.90 Å². The normalized spacial score (nSPS) is 11.2. The molecule has 2 N–H and O–H groups in total. The molecule has 0 aliphatic heterocycles. The average molecular weight is 298 g/mol. The molecule has 106 valence electrons. The fourth-order valence-corrected chi connectivity index (χ4v) is 2.64. The number of benzene rings is 2. The molecule has 0 fully saturated rings. The van der Waals surface area contributed by atoms with E-state index in [1.807, 2.05) is 4.72 Å². The number of anilines is 2. The van der Waals surface area contributed by atoms with Crippen LogP contribution >= 0.6 is 0 Å². The number of sulfonamides is 1. The van der Waals surface area contributed by atoms with Gasteiger partial charge in [0, 0.05) is 18.8 Å². The third kappa shape index (κ3) is 3.05. The first kappa shape index (κ1) is 14.3. The molecule has 2 aromatic carbocycles. The van der Waals surface area contributed by atoms with Crippen LogP contribution in [0.15, 0.2) is 47.4 Å². The van der Waals surface area contributed by atoms with Crippen LogP contribution in [-0.2, 0) is 10.0 Å². The topological polar surface area (TPSA) is 58.2 Å². The van der Waals surface area contributed by atoms with Crippen LogP contribution in [0.5, 0.6) is 0 Å². The van der Waals surface area contributed by atoms with E-state index in [1.54, 1.807) is 19.2 Å². The molecule has 0 aromatic heterocycles. The maximum Gasteiger partial charge on any atom is 0.261 e. The Hall–Kier alpha value is -2.15. The van der Waals surface area contributed by atoms with Crippen molar-refractivity contribution in [2.24, 2.45) is 0 Å². The van der Waals surface area contributed by atoms with Gasteiger partial charge >= 0.3 is 0 Å². The van der Waals surface area contributed by atoms with Crippen LogP contribution in [0.3, 0.4) is 0 Å². The molecule has 0 aliphatic carbocycles. The predicted molar refractivity (Wildman–Crippen MR) is 73.2 cm³/mol. The zero-order chi connectivity index (χ0) is 14.8. The summed E-state index contributed by atoms with van der Waals surface area (Å²) in [6.45, 7) is 0. The number of hydrogen-bond acceptors (Lipinski definition) is 3. The summed E-state index contributed by atoms with van der Waals surface area (Å²) in [5, 5.41) is 2.85. The molecule has 2 aromatic rings. The zero-order valence-electron chi connectivity index (χ0n) is 10.5. The summed E-state index contributed by atoms with van der Waals surface area (Å²) in [6.07, 6.45) is 0. The number of rotatable bonds is 4. The maximum absolute atomic E-state index is 13.4.